The molecule has 6 nitrogen and oxygen atoms in total. The fraction of sp³-hybridized carbons (Fsp3) is 0.316. The van der Waals surface area contributed by atoms with Gasteiger partial charge in [0.1, 0.15) is 5.56 Å². The van der Waals surface area contributed by atoms with E-state index < -0.39 is 11.5 Å². The third-order valence-corrected chi connectivity index (χ3v) is 5.99. The van der Waals surface area contributed by atoms with E-state index >= 15 is 0 Å². The molecular formula is C19H20N4O2S. The van der Waals surface area contributed by atoms with Crippen LogP contribution in [-0.2, 0) is 6.54 Å². The van der Waals surface area contributed by atoms with Gasteiger partial charge >= 0.3 is 0 Å². The average molecular weight is 368 g/mol. The van der Waals surface area contributed by atoms with E-state index in [1.807, 2.05) is 12.1 Å². The minimum Gasteiger partial charge on any atom is -0.365 e. The zero-order valence-corrected chi connectivity index (χ0v) is 15.1. The number of hydrogen-bond donors (Lipinski definition) is 2. The minimum absolute atomic E-state index is 0.000235. The highest BCUT2D eigenvalue weighted by Gasteiger charge is 2.24. The van der Waals surface area contributed by atoms with E-state index in [2.05, 4.69) is 22.0 Å². The maximum Gasteiger partial charge on any atom is 0.261 e. The first kappa shape index (κ1) is 16.9. The molecule has 1 aromatic carbocycles. The molecule has 0 radical (unpaired) electrons. The summed E-state index contributed by atoms with van der Waals surface area (Å²) < 4.78 is 1.23. The molecule has 4 rings (SSSR count). The lowest BCUT2D eigenvalue weighted by Crippen LogP contribution is -2.35. The number of nitrogens with two attached hydrogens (primary N) is 1. The Kier molecular flexibility index (Phi) is 4.57. The monoisotopic (exact) mass is 368 g/mol. The fourth-order valence-electron chi connectivity index (χ4n) is 3.51. The van der Waals surface area contributed by atoms with Gasteiger partial charge in [-0.2, -0.15) is 0 Å². The molecule has 0 saturated carbocycles. The number of nitrogens with one attached hydrogen (secondary N) is 1. The Morgan fingerprint density at radius 2 is 2.15 bits per heavy atom. The van der Waals surface area contributed by atoms with Gasteiger partial charge in [-0.05, 0) is 43.7 Å². The number of amides is 1. The van der Waals surface area contributed by atoms with E-state index in [0.29, 0.717) is 12.5 Å². The Hall–Kier alpha value is -2.51. The molecule has 1 fully saturated rings. The van der Waals surface area contributed by atoms with Gasteiger partial charge in [0.25, 0.3) is 11.5 Å². The van der Waals surface area contributed by atoms with E-state index in [1.54, 1.807) is 17.4 Å². The molecule has 0 bridgehead atoms. The van der Waals surface area contributed by atoms with Crippen LogP contribution in [0.1, 0.15) is 39.8 Å². The van der Waals surface area contributed by atoms with Crippen LogP contribution in [0.2, 0.25) is 0 Å². The second kappa shape index (κ2) is 7.01. The number of thiazole rings is 1. The van der Waals surface area contributed by atoms with Gasteiger partial charge in [0.15, 0.2) is 0 Å². The second-order valence-electron chi connectivity index (χ2n) is 6.68. The number of primary amides is 1. The summed E-state index contributed by atoms with van der Waals surface area (Å²) in [5.41, 5.74) is 6.63. The number of benzene rings is 1. The zero-order chi connectivity index (χ0) is 18.1. The Balaban J connectivity index is 1.49. The molecule has 1 aliphatic rings. The smallest absolute Gasteiger partial charge is 0.261 e. The van der Waals surface area contributed by atoms with Crippen LogP contribution in [0.25, 0.3) is 10.2 Å². The molecule has 1 aliphatic heterocycles. The van der Waals surface area contributed by atoms with Crippen LogP contribution in [0, 0.1) is 0 Å². The summed E-state index contributed by atoms with van der Waals surface area (Å²) in [6.07, 6.45) is 2.23. The number of nitrogens with zero attached hydrogens (tertiary/aromatic N) is 2. The van der Waals surface area contributed by atoms with Crippen molar-refractivity contribution in [1.29, 1.82) is 0 Å². The summed E-state index contributed by atoms with van der Waals surface area (Å²) in [5, 5.41) is 1.19. The third kappa shape index (κ3) is 3.40. The molecule has 1 unspecified atom stereocenters. The fourth-order valence-corrected chi connectivity index (χ4v) is 4.60. The third-order valence-electron chi connectivity index (χ3n) is 4.79. The van der Waals surface area contributed by atoms with Crippen molar-refractivity contribution >= 4 is 27.5 Å². The van der Waals surface area contributed by atoms with E-state index in [0.717, 1.165) is 37.1 Å². The van der Waals surface area contributed by atoms with E-state index in [9.17, 15) is 9.59 Å². The number of para-hydroxylation sites is 1. The molecular weight excluding hydrogens is 348 g/mol. The van der Waals surface area contributed by atoms with Crippen LogP contribution >= 0.6 is 11.3 Å². The number of H-pyrrole nitrogens is 1. The van der Waals surface area contributed by atoms with Gasteiger partial charge < -0.3 is 10.7 Å². The summed E-state index contributed by atoms with van der Waals surface area (Å²) in [4.78, 5) is 33.0. The number of fused-ring (bicyclic) bond motifs is 1. The van der Waals surface area contributed by atoms with Gasteiger partial charge in [-0.25, -0.2) is 4.98 Å². The second-order valence-corrected chi connectivity index (χ2v) is 7.75. The number of carbonyl (C=O) groups is 1. The summed E-state index contributed by atoms with van der Waals surface area (Å²) in [7, 11) is 0. The van der Waals surface area contributed by atoms with Crippen LogP contribution in [0.4, 0.5) is 0 Å². The van der Waals surface area contributed by atoms with Crippen molar-refractivity contribution in [3.8, 4) is 0 Å². The molecule has 0 spiro atoms. The van der Waals surface area contributed by atoms with Crippen LogP contribution < -0.4 is 11.3 Å². The van der Waals surface area contributed by atoms with Gasteiger partial charge in [0.05, 0.1) is 15.2 Å². The van der Waals surface area contributed by atoms with Crippen LogP contribution in [-0.4, -0.2) is 33.9 Å². The lowest BCUT2D eigenvalue weighted by atomic mass is 9.98. The van der Waals surface area contributed by atoms with Crippen molar-refractivity contribution < 1.29 is 4.79 Å². The normalized spacial score (nSPS) is 18.2. The number of aromatic amines is 1. The van der Waals surface area contributed by atoms with Crippen molar-refractivity contribution in [3.05, 3.63) is 63.0 Å². The van der Waals surface area contributed by atoms with Gasteiger partial charge in [-0.1, -0.05) is 12.1 Å². The van der Waals surface area contributed by atoms with E-state index in [1.165, 1.54) is 15.8 Å². The predicted octanol–water partition coefficient (Wildman–Crippen LogP) is 2.46. The quantitative estimate of drug-likeness (QED) is 0.740. The van der Waals surface area contributed by atoms with Gasteiger partial charge in [-0.3, -0.25) is 14.5 Å². The highest BCUT2D eigenvalue weighted by molar-refractivity contribution is 7.18. The Labute approximate surface area is 154 Å². The standard InChI is InChI=1S/C19H20N4O2S/c20-17(24)14-8-7-13(21-18(14)25)11-23-9-3-4-12(10-23)19-22-15-5-1-2-6-16(15)26-19/h1-2,5-8,12H,3-4,9-11H2,(H2,20,24)(H,21,25). The Bertz CT molecular complexity index is 977. The van der Waals surface area contributed by atoms with Crippen molar-refractivity contribution in [3.63, 3.8) is 0 Å². The molecule has 134 valence electrons. The number of carbonyl (C=O) groups excluding carboxylic acids is 1. The number of pyridine rings is 1. The summed E-state index contributed by atoms with van der Waals surface area (Å²) in [5.74, 6) is -0.288. The Morgan fingerprint density at radius 1 is 1.31 bits per heavy atom. The lowest BCUT2D eigenvalue weighted by molar-refractivity contribution is 0.0998. The first-order chi connectivity index (χ1) is 12.6. The molecule has 3 heterocycles. The molecule has 0 aliphatic carbocycles. The molecule has 2 aromatic heterocycles. The number of rotatable bonds is 4. The van der Waals surface area contributed by atoms with Gasteiger partial charge in [0.2, 0.25) is 0 Å². The number of likely N-dealkylation sites (tertiary alicyclic amines) is 1. The van der Waals surface area contributed by atoms with Crippen molar-refractivity contribution in [2.45, 2.75) is 25.3 Å². The van der Waals surface area contributed by atoms with Crippen molar-refractivity contribution in [2.24, 2.45) is 5.73 Å². The molecule has 1 saturated heterocycles. The highest BCUT2D eigenvalue weighted by atomic mass is 32.1. The summed E-state index contributed by atoms with van der Waals surface area (Å²) >= 11 is 1.77. The lowest BCUT2D eigenvalue weighted by Gasteiger charge is -2.31. The highest BCUT2D eigenvalue weighted by Crippen LogP contribution is 2.33. The molecule has 1 atom stereocenters. The van der Waals surface area contributed by atoms with Crippen molar-refractivity contribution in [2.75, 3.05) is 13.1 Å². The molecule has 1 amide bonds. The summed E-state index contributed by atoms with van der Waals surface area (Å²) in [6, 6.07) is 11.5. The average Bonchev–Trinajstić information content (AvgIpc) is 3.06. The molecule has 3 N–H and O–H groups in total. The van der Waals surface area contributed by atoms with E-state index in [4.69, 9.17) is 10.7 Å². The summed E-state index contributed by atoms with van der Waals surface area (Å²) in [6.45, 7) is 2.55. The maximum absolute atomic E-state index is 11.9. The Morgan fingerprint density at radius 3 is 2.92 bits per heavy atom. The van der Waals surface area contributed by atoms with Crippen LogP contribution in [0.3, 0.4) is 0 Å². The molecule has 7 heteroatoms. The number of hydrogen-bond acceptors (Lipinski definition) is 5. The first-order valence-electron chi connectivity index (χ1n) is 8.70. The largest absolute Gasteiger partial charge is 0.365 e. The maximum atomic E-state index is 11.9. The van der Waals surface area contributed by atoms with Gasteiger partial charge in [-0.15, -0.1) is 11.3 Å². The zero-order valence-electron chi connectivity index (χ0n) is 14.3. The number of aromatic nitrogens is 2. The van der Waals surface area contributed by atoms with Crippen LogP contribution in [0.15, 0.2) is 41.2 Å². The predicted molar refractivity (Wildman–Crippen MR) is 102 cm³/mol. The minimum atomic E-state index is -0.702. The molecule has 26 heavy (non-hydrogen) atoms. The van der Waals surface area contributed by atoms with E-state index in [-0.39, 0.29) is 5.56 Å². The van der Waals surface area contributed by atoms with Crippen LogP contribution in [0.5, 0.6) is 0 Å². The van der Waals surface area contributed by atoms with Gasteiger partial charge in [0, 0.05) is 24.7 Å². The molecule has 3 aromatic rings. The first-order valence-corrected chi connectivity index (χ1v) is 9.51. The number of piperidine rings is 1. The van der Waals surface area contributed by atoms with Crippen molar-refractivity contribution in [1.82, 2.24) is 14.9 Å². The SMILES string of the molecule is NC(=O)c1ccc(CN2CCCC(c3nc4ccccc4s3)C2)[nH]c1=O. The topological polar surface area (TPSA) is 92.1 Å².